The standard InChI is InChI=1S/C15H25N3O3S/c1-11-3-5-18(6-4-11)8-12(19)7-16-15(20)13-10-22-14(17-13)9-21-2/h10-12,19H,3-9H2,1-2H3,(H,16,20). The molecule has 1 saturated heterocycles. The van der Waals surface area contributed by atoms with E-state index in [1.54, 1.807) is 12.5 Å². The highest BCUT2D eigenvalue weighted by atomic mass is 32.1. The Hall–Kier alpha value is -1.02. The van der Waals surface area contributed by atoms with E-state index < -0.39 is 6.10 Å². The molecule has 0 spiro atoms. The van der Waals surface area contributed by atoms with Crippen LogP contribution >= 0.6 is 11.3 Å². The van der Waals surface area contributed by atoms with Crippen molar-refractivity contribution in [2.45, 2.75) is 32.5 Å². The molecule has 0 radical (unpaired) electrons. The first-order chi connectivity index (χ1) is 10.6. The molecule has 22 heavy (non-hydrogen) atoms. The van der Waals surface area contributed by atoms with Gasteiger partial charge in [-0.2, -0.15) is 0 Å². The highest BCUT2D eigenvalue weighted by Crippen LogP contribution is 2.16. The summed E-state index contributed by atoms with van der Waals surface area (Å²) in [5.41, 5.74) is 0.385. The fourth-order valence-corrected chi connectivity index (χ4v) is 3.26. The summed E-state index contributed by atoms with van der Waals surface area (Å²) >= 11 is 1.40. The molecule has 0 saturated carbocycles. The lowest BCUT2D eigenvalue weighted by molar-refractivity contribution is 0.0792. The molecule has 1 aliphatic rings. The van der Waals surface area contributed by atoms with Crippen LogP contribution in [0.3, 0.4) is 0 Å². The molecule has 2 rings (SSSR count). The summed E-state index contributed by atoms with van der Waals surface area (Å²) in [5.74, 6) is 0.531. The number of nitrogens with one attached hydrogen (secondary N) is 1. The van der Waals surface area contributed by atoms with Gasteiger partial charge in [0, 0.05) is 25.6 Å². The Morgan fingerprint density at radius 2 is 2.32 bits per heavy atom. The number of rotatable bonds is 7. The van der Waals surface area contributed by atoms with Crippen LogP contribution < -0.4 is 5.32 Å². The van der Waals surface area contributed by atoms with Gasteiger partial charge in [0.15, 0.2) is 0 Å². The number of nitrogens with zero attached hydrogens (tertiary/aromatic N) is 2. The summed E-state index contributed by atoms with van der Waals surface area (Å²) in [6.45, 7) is 5.59. The molecule has 7 heteroatoms. The number of piperidine rings is 1. The van der Waals surface area contributed by atoms with E-state index in [0.717, 1.165) is 24.0 Å². The van der Waals surface area contributed by atoms with Crippen molar-refractivity contribution < 1.29 is 14.6 Å². The van der Waals surface area contributed by atoms with Crippen molar-refractivity contribution in [3.05, 3.63) is 16.1 Å². The summed E-state index contributed by atoms with van der Waals surface area (Å²) < 4.78 is 4.98. The van der Waals surface area contributed by atoms with Crippen molar-refractivity contribution in [1.29, 1.82) is 0 Å². The Bertz CT molecular complexity index is 472. The maximum atomic E-state index is 12.0. The van der Waals surface area contributed by atoms with Gasteiger partial charge in [-0.3, -0.25) is 4.79 Å². The first-order valence-electron chi connectivity index (χ1n) is 7.70. The SMILES string of the molecule is COCc1nc(C(=O)NCC(O)CN2CCC(C)CC2)cs1. The van der Waals surface area contributed by atoms with Crippen LogP contribution in [-0.2, 0) is 11.3 Å². The number of methoxy groups -OCH3 is 1. The van der Waals surface area contributed by atoms with Crippen molar-refractivity contribution in [3.8, 4) is 0 Å². The Labute approximate surface area is 135 Å². The normalized spacial score (nSPS) is 18.3. The number of aliphatic hydroxyl groups is 1. The fourth-order valence-electron chi connectivity index (χ4n) is 2.51. The number of carbonyl (C=O) groups is 1. The summed E-state index contributed by atoms with van der Waals surface area (Å²) in [5, 5.41) is 15.3. The fraction of sp³-hybridized carbons (Fsp3) is 0.733. The predicted octanol–water partition coefficient (Wildman–Crippen LogP) is 1.11. The van der Waals surface area contributed by atoms with Gasteiger partial charge in [-0.25, -0.2) is 4.98 Å². The van der Waals surface area contributed by atoms with Crippen LogP contribution in [0.2, 0.25) is 0 Å². The Morgan fingerprint density at radius 3 is 3.00 bits per heavy atom. The molecule has 1 aromatic heterocycles. The minimum absolute atomic E-state index is 0.245. The van der Waals surface area contributed by atoms with Gasteiger partial charge in [0.2, 0.25) is 0 Å². The average Bonchev–Trinajstić information content (AvgIpc) is 2.96. The summed E-state index contributed by atoms with van der Waals surface area (Å²) in [6, 6.07) is 0. The number of thiazole rings is 1. The zero-order valence-corrected chi connectivity index (χ0v) is 14.1. The van der Waals surface area contributed by atoms with E-state index in [1.165, 1.54) is 24.2 Å². The minimum Gasteiger partial charge on any atom is -0.390 e. The van der Waals surface area contributed by atoms with Crippen LogP contribution in [-0.4, -0.2) is 60.3 Å². The molecule has 1 atom stereocenters. The number of amides is 1. The van der Waals surface area contributed by atoms with E-state index >= 15 is 0 Å². The van der Waals surface area contributed by atoms with Crippen LogP contribution in [0.4, 0.5) is 0 Å². The molecule has 0 bridgehead atoms. The number of hydrogen-bond acceptors (Lipinski definition) is 6. The lowest BCUT2D eigenvalue weighted by atomic mass is 9.99. The molecule has 1 aliphatic heterocycles. The largest absolute Gasteiger partial charge is 0.390 e. The van der Waals surface area contributed by atoms with Crippen LogP contribution in [0.15, 0.2) is 5.38 Å². The molecule has 1 fully saturated rings. The third-order valence-electron chi connectivity index (χ3n) is 3.90. The van der Waals surface area contributed by atoms with Crippen molar-refractivity contribution >= 4 is 17.2 Å². The predicted molar refractivity (Wildman–Crippen MR) is 86.0 cm³/mol. The molecule has 2 N–H and O–H groups in total. The molecule has 0 aromatic carbocycles. The maximum Gasteiger partial charge on any atom is 0.270 e. The van der Waals surface area contributed by atoms with Gasteiger partial charge >= 0.3 is 0 Å². The number of aliphatic hydroxyl groups excluding tert-OH is 1. The molecule has 124 valence electrons. The van der Waals surface area contributed by atoms with Crippen molar-refractivity contribution in [3.63, 3.8) is 0 Å². The monoisotopic (exact) mass is 327 g/mol. The second-order valence-corrected chi connectivity index (χ2v) is 6.85. The van der Waals surface area contributed by atoms with Gasteiger partial charge in [-0.1, -0.05) is 6.92 Å². The van der Waals surface area contributed by atoms with Gasteiger partial charge in [-0.05, 0) is 31.8 Å². The van der Waals surface area contributed by atoms with Crippen LogP contribution in [0.1, 0.15) is 35.3 Å². The second-order valence-electron chi connectivity index (χ2n) is 5.91. The van der Waals surface area contributed by atoms with Gasteiger partial charge in [0.1, 0.15) is 10.7 Å². The molecular weight excluding hydrogens is 302 g/mol. The molecule has 1 unspecified atom stereocenters. The zero-order chi connectivity index (χ0) is 15.9. The van der Waals surface area contributed by atoms with Gasteiger partial charge in [0.25, 0.3) is 5.91 Å². The number of β-amino-alcohol motifs (C(OH)–C–C–N with tert-alkyl or cyclic N) is 1. The minimum atomic E-state index is -0.547. The van der Waals surface area contributed by atoms with E-state index in [0.29, 0.717) is 18.8 Å². The maximum absolute atomic E-state index is 12.0. The van der Waals surface area contributed by atoms with E-state index in [9.17, 15) is 9.90 Å². The van der Waals surface area contributed by atoms with Gasteiger partial charge in [-0.15, -0.1) is 11.3 Å². The van der Waals surface area contributed by atoms with Crippen molar-refractivity contribution in [2.24, 2.45) is 5.92 Å². The number of aromatic nitrogens is 1. The van der Waals surface area contributed by atoms with E-state index in [1.807, 2.05) is 0 Å². The summed E-state index contributed by atoms with van der Waals surface area (Å²) in [6.07, 6.45) is 1.81. The lowest BCUT2D eigenvalue weighted by Crippen LogP contribution is -2.43. The van der Waals surface area contributed by atoms with Crippen LogP contribution in [0.25, 0.3) is 0 Å². The number of hydrogen-bond donors (Lipinski definition) is 2. The highest BCUT2D eigenvalue weighted by Gasteiger charge is 2.19. The average molecular weight is 327 g/mol. The Kier molecular flexibility index (Phi) is 6.75. The molecule has 1 amide bonds. The number of carbonyl (C=O) groups excluding carboxylic acids is 1. The quantitative estimate of drug-likeness (QED) is 0.785. The third-order valence-corrected chi connectivity index (χ3v) is 4.72. The van der Waals surface area contributed by atoms with E-state index in [-0.39, 0.29) is 12.5 Å². The molecule has 2 heterocycles. The van der Waals surface area contributed by atoms with Crippen molar-refractivity contribution in [2.75, 3.05) is 33.3 Å². The molecule has 0 aliphatic carbocycles. The molecule has 1 aromatic rings. The van der Waals surface area contributed by atoms with E-state index in [4.69, 9.17) is 4.74 Å². The van der Waals surface area contributed by atoms with E-state index in [2.05, 4.69) is 22.1 Å². The number of likely N-dealkylation sites (tertiary alicyclic amines) is 1. The highest BCUT2D eigenvalue weighted by molar-refractivity contribution is 7.09. The summed E-state index contributed by atoms with van der Waals surface area (Å²) in [4.78, 5) is 18.4. The Morgan fingerprint density at radius 1 is 1.59 bits per heavy atom. The number of ether oxygens (including phenoxy) is 1. The zero-order valence-electron chi connectivity index (χ0n) is 13.2. The topological polar surface area (TPSA) is 74.7 Å². The first-order valence-corrected chi connectivity index (χ1v) is 8.58. The third kappa shape index (κ3) is 5.31. The lowest BCUT2D eigenvalue weighted by Gasteiger charge is -2.31. The summed E-state index contributed by atoms with van der Waals surface area (Å²) in [7, 11) is 1.60. The van der Waals surface area contributed by atoms with Gasteiger partial charge < -0.3 is 20.1 Å². The van der Waals surface area contributed by atoms with Crippen LogP contribution in [0.5, 0.6) is 0 Å². The smallest absolute Gasteiger partial charge is 0.270 e. The molecule has 6 nitrogen and oxygen atoms in total. The Balaban J connectivity index is 1.70. The van der Waals surface area contributed by atoms with Crippen molar-refractivity contribution in [1.82, 2.24) is 15.2 Å². The van der Waals surface area contributed by atoms with Gasteiger partial charge in [0.05, 0.1) is 12.7 Å². The molecular formula is C15H25N3O3S. The first kappa shape index (κ1) is 17.3. The van der Waals surface area contributed by atoms with Crippen LogP contribution in [0, 0.1) is 5.92 Å². The second kappa shape index (κ2) is 8.57.